The quantitative estimate of drug-likeness (QED) is 0.437. The normalized spacial score (nSPS) is 11.8. The van der Waals surface area contributed by atoms with Gasteiger partial charge in [0.2, 0.25) is 0 Å². The number of phenolic OH excluding ortho intramolecular Hbond substituents is 2. The molecule has 0 aliphatic heterocycles. The SMILES string of the molecule is CCc1ccc([C@@H](C)NC(=O)COC(=O)c2cc(O)c3ccccc3c2O)cc1. The molecule has 0 heterocycles. The Bertz CT molecular complexity index is 1040. The van der Waals surface area contributed by atoms with Gasteiger partial charge in [0.15, 0.2) is 6.61 Å². The molecule has 0 radical (unpaired) electrons. The number of amides is 1. The van der Waals surface area contributed by atoms with E-state index >= 15 is 0 Å². The van der Waals surface area contributed by atoms with E-state index in [1.54, 1.807) is 24.3 Å². The average Bonchev–Trinajstić information content (AvgIpc) is 2.74. The van der Waals surface area contributed by atoms with Gasteiger partial charge >= 0.3 is 5.97 Å². The fourth-order valence-electron chi connectivity index (χ4n) is 3.11. The van der Waals surface area contributed by atoms with Crippen LogP contribution in [0.1, 0.15) is 41.4 Å². The maximum atomic E-state index is 12.3. The number of nitrogens with one attached hydrogen (secondary N) is 1. The van der Waals surface area contributed by atoms with E-state index in [2.05, 4.69) is 12.2 Å². The largest absolute Gasteiger partial charge is 0.507 e. The molecule has 6 heteroatoms. The first kappa shape index (κ1) is 20.2. The summed E-state index contributed by atoms with van der Waals surface area (Å²) in [5.41, 5.74) is 1.95. The van der Waals surface area contributed by atoms with Gasteiger partial charge in [0, 0.05) is 10.8 Å². The van der Waals surface area contributed by atoms with E-state index in [0.29, 0.717) is 10.8 Å². The van der Waals surface area contributed by atoms with Crippen molar-refractivity contribution in [3.05, 3.63) is 71.3 Å². The molecule has 3 aromatic carbocycles. The van der Waals surface area contributed by atoms with Crippen LogP contribution in [0, 0.1) is 0 Å². The molecular formula is C23H23NO5. The van der Waals surface area contributed by atoms with Gasteiger partial charge in [-0.3, -0.25) is 4.79 Å². The number of aryl methyl sites for hydroxylation is 1. The highest BCUT2D eigenvalue weighted by Crippen LogP contribution is 2.35. The van der Waals surface area contributed by atoms with Crippen LogP contribution < -0.4 is 5.32 Å². The maximum absolute atomic E-state index is 12.3. The molecule has 0 unspecified atom stereocenters. The molecule has 3 aromatic rings. The molecule has 0 saturated carbocycles. The molecule has 3 N–H and O–H groups in total. The summed E-state index contributed by atoms with van der Waals surface area (Å²) >= 11 is 0. The van der Waals surface area contributed by atoms with Crippen molar-refractivity contribution < 1.29 is 24.5 Å². The molecule has 1 atom stereocenters. The Morgan fingerprint density at radius 2 is 1.69 bits per heavy atom. The monoisotopic (exact) mass is 393 g/mol. The van der Waals surface area contributed by atoms with Gasteiger partial charge in [0.05, 0.1) is 6.04 Å². The molecule has 150 valence electrons. The Morgan fingerprint density at radius 3 is 2.34 bits per heavy atom. The number of rotatable bonds is 6. The molecule has 0 aromatic heterocycles. The number of phenols is 2. The van der Waals surface area contributed by atoms with Crippen LogP contribution in [0.2, 0.25) is 0 Å². The highest BCUT2D eigenvalue weighted by Gasteiger charge is 2.19. The number of fused-ring (bicyclic) bond motifs is 1. The van der Waals surface area contributed by atoms with E-state index in [-0.39, 0.29) is 23.1 Å². The zero-order valence-corrected chi connectivity index (χ0v) is 16.3. The Labute approximate surface area is 168 Å². The minimum Gasteiger partial charge on any atom is -0.507 e. The molecule has 0 spiro atoms. The van der Waals surface area contributed by atoms with Crippen LogP contribution in [0.3, 0.4) is 0 Å². The molecule has 3 rings (SSSR count). The second kappa shape index (κ2) is 8.65. The smallest absolute Gasteiger partial charge is 0.342 e. The molecule has 0 bridgehead atoms. The van der Waals surface area contributed by atoms with E-state index in [9.17, 15) is 19.8 Å². The first-order valence-corrected chi connectivity index (χ1v) is 9.39. The molecule has 1 amide bonds. The van der Waals surface area contributed by atoms with E-state index in [1.165, 1.54) is 5.56 Å². The van der Waals surface area contributed by atoms with E-state index < -0.39 is 18.5 Å². The van der Waals surface area contributed by atoms with Crippen molar-refractivity contribution in [2.24, 2.45) is 0 Å². The van der Waals surface area contributed by atoms with Crippen LogP contribution in [0.25, 0.3) is 10.8 Å². The standard InChI is InChI=1S/C23H23NO5/c1-3-15-8-10-16(11-9-15)14(2)24-21(26)13-29-23(28)19-12-20(25)17-6-4-5-7-18(17)22(19)27/h4-12,14,25,27H,3,13H2,1-2H3,(H,24,26)/t14-/m1/s1. The zero-order chi connectivity index (χ0) is 21.0. The summed E-state index contributed by atoms with van der Waals surface area (Å²) in [5, 5.41) is 23.9. The number of ether oxygens (including phenoxy) is 1. The van der Waals surface area contributed by atoms with Crippen LogP contribution in [0.5, 0.6) is 11.5 Å². The van der Waals surface area contributed by atoms with E-state index in [1.807, 2.05) is 31.2 Å². The molecular weight excluding hydrogens is 370 g/mol. The number of carbonyl (C=O) groups excluding carboxylic acids is 2. The molecule has 0 aliphatic carbocycles. The van der Waals surface area contributed by atoms with Gasteiger partial charge in [-0.1, -0.05) is 55.5 Å². The van der Waals surface area contributed by atoms with Crippen LogP contribution in [-0.2, 0) is 16.0 Å². The van der Waals surface area contributed by atoms with Gasteiger partial charge in [-0.05, 0) is 30.5 Å². The summed E-state index contributed by atoms with van der Waals surface area (Å²) in [5.74, 6) is -1.80. The second-order valence-electron chi connectivity index (χ2n) is 6.80. The third kappa shape index (κ3) is 4.48. The summed E-state index contributed by atoms with van der Waals surface area (Å²) in [7, 11) is 0. The summed E-state index contributed by atoms with van der Waals surface area (Å²) in [6.45, 7) is 3.42. The van der Waals surface area contributed by atoms with Crippen LogP contribution in [-0.4, -0.2) is 28.7 Å². The number of hydrogen-bond acceptors (Lipinski definition) is 5. The Hall–Kier alpha value is -3.54. The van der Waals surface area contributed by atoms with Crippen molar-refractivity contribution in [3.8, 4) is 11.5 Å². The Kier molecular flexibility index (Phi) is 6.02. The lowest BCUT2D eigenvalue weighted by molar-refractivity contribution is -0.124. The topological polar surface area (TPSA) is 95.9 Å². The Morgan fingerprint density at radius 1 is 1.03 bits per heavy atom. The van der Waals surface area contributed by atoms with Crippen LogP contribution in [0.4, 0.5) is 0 Å². The fourth-order valence-corrected chi connectivity index (χ4v) is 3.11. The predicted octanol–water partition coefficient (Wildman–Crippen LogP) is 3.85. The lowest BCUT2D eigenvalue weighted by Gasteiger charge is -2.15. The number of hydrogen-bond donors (Lipinski definition) is 3. The highest BCUT2D eigenvalue weighted by molar-refractivity contribution is 6.04. The van der Waals surface area contributed by atoms with Crippen molar-refractivity contribution >= 4 is 22.6 Å². The minimum absolute atomic E-state index is 0.154. The van der Waals surface area contributed by atoms with Gasteiger partial charge in [0.1, 0.15) is 17.1 Å². The summed E-state index contributed by atoms with van der Waals surface area (Å²) < 4.78 is 5.03. The van der Waals surface area contributed by atoms with Crippen molar-refractivity contribution in [1.82, 2.24) is 5.32 Å². The van der Waals surface area contributed by atoms with Gasteiger partial charge < -0.3 is 20.3 Å². The maximum Gasteiger partial charge on any atom is 0.342 e. The van der Waals surface area contributed by atoms with E-state index in [4.69, 9.17) is 4.74 Å². The van der Waals surface area contributed by atoms with Crippen molar-refractivity contribution in [3.63, 3.8) is 0 Å². The fraction of sp³-hybridized carbons (Fsp3) is 0.217. The van der Waals surface area contributed by atoms with Gasteiger partial charge in [-0.25, -0.2) is 4.79 Å². The van der Waals surface area contributed by atoms with Crippen LogP contribution >= 0.6 is 0 Å². The van der Waals surface area contributed by atoms with Crippen molar-refractivity contribution in [1.29, 1.82) is 0 Å². The molecule has 29 heavy (non-hydrogen) atoms. The predicted molar refractivity (Wildman–Crippen MR) is 110 cm³/mol. The number of carbonyl (C=O) groups is 2. The minimum atomic E-state index is -0.890. The summed E-state index contributed by atoms with van der Waals surface area (Å²) in [6, 6.07) is 15.4. The molecule has 6 nitrogen and oxygen atoms in total. The lowest BCUT2D eigenvalue weighted by Crippen LogP contribution is -2.31. The number of esters is 1. The summed E-state index contributed by atoms with van der Waals surface area (Å²) in [6.07, 6.45) is 0.939. The highest BCUT2D eigenvalue weighted by atomic mass is 16.5. The summed E-state index contributed by atoms with van der Waals surface area (Å²) in [4.78, 5) is 24.5. The third-order valence-corrected chi connectivity index (χ3v) is 4.81. The van der Waals surface area contributed by atoms with Crippen LogP contribution in [0.15, 0.2) is 54.6 Å². The number of benzene rings is 3. The molecule has 0 fully saturated rings. The van der Waals surface area contributed by atoms with Crippen molar-refractivity contribution in [2.45, 2.75) is 26.3 Å². The van der Waals surface area contributed by atoms with E-state index in [0.717, 1.165) is 18.1 Å². The van der Waals surface area contributed by atoms with Gasteiger partial charge in [0.25, 0.3) is 5.91 Å². The average molecular weight is 393 g/mol. The molecule has 0 aliphatic rings. The zero-order valence-electron chi connectivity index (χ0n) is 16.3. The first-order valence-electron chi connectivity index (χ1n) is 9.39. The van der Waals surface area contributed by atoms with Gasteiger partial charge in [-0.2, -0.15) is 0 Å². The second-order valence-corrected chi connectivity index (χ2v) is 6.80. The first-order chi connectivity index (χ1) is 13.9. The van der Waals surface area contributed by atoms with Gasteiger partial charge in [-0.15, -0.1) is 0 Å². The Balaban J connectivity index is 1.63. The lowest BCUT2D eigenvalue weighted by atomic mass is 10.0. The third-order valence-electron chi connectivity index (χ3n) is 4.81. The number of aromatic hydroxyl groups is 2. The molecule has 0 saturated heterocycles. The van der Waals surface area contributed by atoms with Crippen molar-refractivity contribution in [2.75, 3.05) is 6.61 Å².